The number of carbonyl (C=O) groups is 3. The van der Waals surface area contributed by atoms with Gasteiger partial charge in [0.1, 0.15) is 6.04 Å². The molecule has 4 N–H and O–H groups in total. The number of hydrogen-bond acceptors (Lipinski definition) is 7. The summed E-state index contributed by atoms with van der Waals surface area (Å²) < 4.78 is 68.4. The molecule has 3 unspecified atom stereocenters. The number of nitrogens with one attached hydrogen (secondary N) is 4. The first-order valence-corrected chi connectivity index (χ1v) is 15.4. The lowest BCUT2D eigenvalue weighted by Crippen LogP contribution is -2.43. The van der Waals surface area contributed by atoms with Crippen molar-refractivity contribution in [3.8, 4) is 0 Å². The van der Waals surface area contributed by atoms with Crippen molar-refractivity contribution in [3.05, 3.63) is 53.1 Å². The standard InChI is InChI=1S/C30H32ClF5N8O3/c1-14(24(30(34,35)36)42-41-22-10-29(22,32)33)21-11-38-25(43(21)2)27(46)39-16-3-4-17(20(31)9-16)26(45)40-23-18-12-44(13-19(18)23)28(47)15-5-7-37-8-6-15/h3-4,9,11,15,18-19,22-23,37,41H,1,5-8,10,12-13H2,2H3,(H,39,46)(H,40,45)/b42-24+. The summed E-state index contributed by atoms with van der Waals surface area (Å²) in [7, 11) is 1.29. The highest BCUT2D eigenvalue weighted by Gasteiger charge is 2.58. The smallest absolute Gasteiger partial charge is 0.349 e. The van der Waals surface area contributed by atoms with Gasteiger partial charge in [-0.1, -0.05) is 18.2 Å². The molecule has 2 saturated heterocycles. The van der Waals surface area contributed by atoms with Crippen molar-refractivity contribution in [1.82, 2.24) is 30.5 Å². The van der Waals surface area contributed by atoms with Crippen LogP contribution in [0, 0.1) is 17.8 Å². The monoisotopic (exact) mass is 682 g/mol. The molecule has 4 fully saturated rings. The van der Waals surface area contributed by atoms with Crippen LogP contribution < -0.4 is 21.4 Å². The quantitative estimate of drug-likeness (QED) is 0.182. The van der Waals surface area contributed by atoms with Crippen LogP contribution in [0.15, 0.2) is 36.1 Å². The van der Waals surface area contributed by atoms with E-state index in [2.05, 4.69) is 32.6 Å². The topological polar surface area (TPSA) is 133 Å². The number of alkyl halides is 5. The van der Waals surface area contributed by atoms with Gasteiger partial charge in [0.2, 0.25) is 5.91 Å². The number of imidazole rings is 1. The summed E-state index contributed by atoms with van der Waals surface area (Å²) in [6.45, 7) is 6.32. The number of benzene rings is 1. The number of hydrazone groups is 1. The number of nitrogens with zero attached hydrogens (tertiary/aromatic N) is 4. The molecule has 1 aromatic carbocycles. The number of halogens is 6. The highest BCUT2D eigenvalue weighted by molar-refractivity contribution is 6.34. The fourth-order valence-corrected chi connectivity index (χ4v) is 6.53. The molecule has 3 atom stereocenters. The molecule has 3 amide bonds. The summed E-state index contributed by atoms with van der Waals surface area (Å²) >= 11 is 6.38. The maximum atomic E-state index is 13.7. The van der Waals surface area contributed by atoms with Crippen molar-refractivity contribution >= 4 is 46.3 Å². The molecule has 2 saturated carbocycles. The van der Waals surface area contributed by atoms with E-state index < -0.39 is 47.7 Å². The molecule has 17 heteroatoms. The lowest BCUT2D eigenvalue weighted by Gasteiger charge is -2.28. The number of allylic oxidation sites excluding steroid dienone is 1. The molecular formula is C30H32ClF5N8O3. The van der Waals surface area contributed by atoms with Gasteiger partial charge < -0.3 is 30.8 Å². The molecular weight excluding hydrogens is 651 g/mol. The van der Waals surface area contributed by atoms with Gasteiger partial charge in [-0.2, -0.15) is 18.3 Å². The molecule has 1 aromatic heterocycles. The fourth-order valence-electron chi connectivity index (χ4n) is 6.26. The van der Waals surface area contributed by atoms with Gasteiger partial charge in [0, 0.05) is 61.6 Å². The number of amides is 3. The molecule has 2 aliphatic heterocycles. The summed E-state index contributed by atoms with van der Waals surface area (Å²) in [6.07, 6.45) is -3.01. The van der Waals surface area contributed by atoms with Gasteiger partial charge >= 0.3 is 6.18 Å². The van der Waals surface area contributed by atoms with Gasteiger partial charge in [-0.3, -0.25) is 14.4 Å². The number of likely N-dealkylation sites (tertiary alicyclic amines) is 1. The summed E-state index contributed by atoms with van der Waals surface area (Å²) in [5.74, 6) is -3.99. The Labute approximate surface area is 271 Å². The number of aromatic nitrogens is 2. The average Bonchev–Trinajstić information content (AvgIpc) is 3.63. The van der Waals surface area contributed by atoms with Gasteiger partial charge in [-0.05, 0) is 44.1 Å². The summed E-state index contributed by atoms with van der Waals surface area (Å²) in [6, 6.07) is 2.67. The molecule has 6 rings (SSSR count). The number of anilines is 1. The van der Waals surface area contributed by atoms with E-state index >= 15 is 0 Å². The minimum absolute atomic E-state index is 0.0508. The van der Waals surface area contributed by atoms with Gasteiger partial charge in [0.15, 0.2) is 11.5 Å². The van der Waals surface area contributed by atoms with Crippen molar-refractivity contribution < 1.29 is 36.3 Å². The van der Waals surface area contributed by atoms with Crippen molar-refractivity contribution in [2.45, 2.75) is 43.4 Å². The number of fused-ring (bicyclic) bond motifs is 1. The third-order valence-corrected chi connectivity index (χ3v) is 9.49. The van der Waals surface area contributed by atoms with E-state index in [1.807, 2.05) is 10.3 Å². The number of hydrogen-bond donors (Lipinski definition) is 4. The Balaban J connectivity index is 1.04. The van der Waals surface area contributed by atoms with Crippen LogP contribution in [0.4, 0.5) is 27.6 Å². The van der Waals surface area contributed by atoms with Crippen LogP contribution >= 0.6 is 11.6 Å². The Morgan fingerprint density at radius 3 is 2.38 bits per heavy atom. The maximum absolute atomic E-state index is 13.7. The number of piperidine rings is 2. The number of rotatable bonds is 9. The predicted octanol–water partition coefficient (Wildman–Crippen LogP) is 3.44. The second kappa shape index (κ2) is 12.2. The Hall–Kier alpha value is -4.05. The fraction of sp³-hybridized carbons (Fsp3) is 0.500. The first kappa shape index (κ1) is 32.9. The van der Waals surface area contributed by atoms with E-state index in [0.717, 1.165) is 36.7 Å². The van der Waals surface area contributed by atoms with Crippen LogP contribution in [0.1, 0.15) is 45.9 Å². The van der Waals surface area contributed by atoms with Crippen LogP contribution in [0.2, 0.25) is 5.02 Å². The van der Waals surface area contributed by atoms with Gasteiger partial charge in [-0.15, -0.1) is 0 Å². The third-order valence-electron chi connectivity index (χ3n) is 9.18. The van der Waals surface area contributed by atoms with Crippen molar-refractivity contribution in [2.75, 3.05) is 31.5 Å². The minimum atomic E-state index is -5.03. The van der Waals surface area contributed by atoms with Crippen LogP contribution in [0.25, 0.3) is 5.57 Å². The largest absolute Gasteiger partial charge is 0.435 e. The first-order chi connectivity index (χ1) is 22.2. The van der Waals surface area contributed by atoms with E-state index in [-0.39, 0.29) is 57.5 Å². The maximum Gasteiger partial charge on any atom is 0.435 e. The summed E-state index contributed by atoms with van der Waals surface area (Å²) in [5.41, 5.74) is -0.213. The van der Waals surface area contributed by atoms with E-state index in [9.17, 15) is 36.3 Å². The molecule has 47 heavy (non-hydrogen) atoms. The second-order valence-corrected chi connectivity index (χ2v) is 12.8. The molecule has 0 spiro atoms. The molecule has 2 aliphatic carbocycles. The number of carbonyl (C=O) groups excluding carboxylic acids is 3. The zero-order chi connectivity index (χ0) is 33.8. The Bertz CT molecular complexity index is 1640. The Morgan fingerprint density at radius 2 is 1.79 bits per heavy atom. The zero-order valence-corrected chi connectivity index (χ0v) is 25.9. The molecule has 3 heterocycles. The minimum Gasteiger partial charge on any atom is -0.349 e. The molecule has 0 bridgehead atoms. The van der Waals surface area contributed by atoms with E-state index in [1.54, 1.807) is 0 Å². The lowest BCUT2D eigenvalue weighted by molar-refractivity contribution is -0.135. The lowest BCUT2D eigenvalue weighted by atomic mass is 9.96. The van der Waals surface area contributed by atoms with Crippen LogP contribution in [-0.4, -0.2) is 88.2 Å². The predicted molar refractivity (Wildman–Crippen MR) is 162 cm³/mol. The second-order valence-electron chi connectivity index (χ2n) is 12.4. The molecule has 2 aromatic rings. The zero-order valence-electron chi connectivity index (χ0n) is 25.1. The van der Waals surface area contributed by atoms with Gasteiger partial charge in [0.25, 0.3) is 17.7 Å². The third kappa shape index (κ3) is 6.70. The van der Waals surface area contributed by atoms with E-state index in [0.29, 0.717) is 13.1 Å². The molecule has 4 aliphatic rings. The molecule has 0 radical (unpaired) electrons. The van der Waals surface area contributed by atoms with Crippen LogP contribution in [0.5, 0.6) is 0 Å². The summed E-state index contributed by atoms with van der Waals surface area (Å²) in [4.78, 5) is 44.6. The van der Waals surface area contributed by atoms with Gasteiger partial charge in [0.05, 0.1) is 22.5 Å². The summed E-state index contributed by atoms with van der Waals surface area (Å²) in [5, 5.41) is 12.0. The van der Waals surface area contributed by atoms with Crippen LogP contribution in [0.3, 0.4) is 0 Å². The van der Waals surface area contributed by atoms with E-state index in [1.165, 1.54) is 25.2 Å². The van der Waals surface area contributed by atoms with Gasteiger partial charge in [-0.25, -0.2) is 13.8 Å². The highest BCUT2D eigenvalue weighted by Crippen LogP contribution is 2.46. The normalized spacial score (nSPS) is 25.2. The van der Waals surface area contributed by atoms with Crippen molar-refractivity contribution in [2.24, 2.45) is 29.9 Å². The first-order valence-electron chi connectivity index (χ1n) is 15.1. The van der Waals surface area contributed by atoms with Crippen molar-refractivity contribution in [1.29, 1.82) is 0 Å². The molecule has 11 nitrogen and oxygen atoms in total. The van der Waals surface area contributed by atoms with Crippen LogP contribution in [-0.2, 0) is 11.8 Å². The molecule has 252 valence electrons. The average molecular weight is 683 g/mol. The Kier molecular flexibility index (Phi) is 8.53. The highest BCUT2D eigenvalue weighted by atomic mass is 35.5. The van der Waals surface area contributed by atoms with E-state index in [4.69, 9.17) is 11.6 Å². The van der Waals surface area contributed by atoms with Crippen molar-refractivity contribution in [3.63, 3.8) is 0 Å². The Morgan fingerprint density at radius 1 is 1.13 bits per heavy atom. The SMILES string of the molecule is C=C(/C(=N\NC1CC1(F)F)C(F)(F)F)c1cnc(C(=O)Nc2ccc(C(=O)NC3C4CN(C(=O)C5CCNCC5)CC43)c(Cl)c2)n1C.